The lowest BCUT2D eigenvalue weighted by Gasteiger charge is -2.07. The molecule has 0 aromatic heterocycles. The van der Waals surface area contributed by atoms with Crippen molar-refractivity contribution in [3.8, 4) is 0 Å². The zero-order valence-electron chi connectivity index (χ0n) is 14.4. The molecule has 0 atom stereocenters. The molecular weight excluding hydrogens is 354 g/mol. The van der Waals surface area contributed by atoms with Crippen LogP contribution in [0.1, 0.15) is 16.7 Å². The fourth-order valence-electron chi connectivity index (χ4n) is 2.33. The molecule has 4 N–H and O–H groups in total. The zero-order valence-corrected chi connectivity index (χ0v) is 15.2. The third kappa shape index (κ3) is 5.98. The van der Waals surface area contributed by atoms with Gasteiger partial charge in [0.05, 0.1) is 4.90 Å². The Morgan fingerprint density at radius 3 is 2.23 bits per heavy atom. The van der Waals surface area contributed by atoms with Crippen molar-refractivity contribution in [1.82, 2.24) is 10.6 Å². The van der Waals surface area contributed by atoms with Gasteiger partial charge in [-0.15, -0.1) is 0 Å². The fourth-order valence-corrected chi connectivity index (χ4v) is 2.85. The molecule has 2 aromatic carbocycles. The normalized spacial score (nSPS) is 11.0. The van der Waals surface area contributed by atoms with E-state index in [1.54, 1.807) is 12.1 Å². The Labute approximate surface area is 152 Å². The third-order valence-electron chi connectivity index (χ3n) is 3.69. The molecule has 0 aliphatic carbocycles. The van der Waals surface area contributed by atoms with Crippen molar-refractivity contribution in [2.24, 2.45) is 5.14 Å². The van der Waals surface area contributed by atoms with Gasteiger partial charge in [0.25, 0.3) is 0 Å². The molecule has 26 heavy (non-hydrogen) atoms. The lowest BCUT2D eigenvalue weighted by atomic mass is 10.1. The molecule has 0 radical (unpaired) electrons. The van der Waals surface area contributed by atoms with Gasteiger partial charge in [-0.3, -0.25) is 9.59 Å². The van der Waals surface area contributed by atoms with E-state index in [9.17, 15) is 18.0 Å². The summed E-state index contributed by atoms with van der Waals surface area (Å²) < 4.78 is 22.4. The Hall–Kier alpha value is -2.71. The van der Waals surface area contributed by atoms with Gasteiger partial charge in [0.15, 0.2) is 0 Å². The summed E-state index contributed by atoms with van der Waals surface area (Å²) in [6.45, 7) is 2.49. The molecule has 0 saturated heterocycles. The van der Waals surface area contributed by atoms with Crippen molar-refractivity contribution in [1.29, 1.82) is 0 Å². The van der Waals surface area contributed by atoms with E-state index in [1.807, 2.05) is 31.2 Å². The summed E-state index contributed by atoms with van der Waals surface area (Å²) in [5, 5.41) is 10.1. The van der Waals surface area contributed by atoms with E-state index >= 15 is 0 Å². The van der Waals surface area contributed by atoms with Crippen LogP contribution in [0.25, 0.3) is 0 Å². The Balaban J connectivity index is 1.76. The van der Waals surface area contributed by atoms with Crippen LogP contribution in [0.15, 0.2) is 53.4 Å². The monoisotopic (exact) mass is 375 g/mol. The van der Waals surface area contributed by atoms with Gasteiger partial charge < -0.3 is 10.6 Å². The van der Waals surface area contributed by atoms with E-state index in [1.165, 1.54) is 12.1 Å². The van der Waals surface area contributed by atoms with Crippen LogP contribution in [-0.2, 0) is 32.6 Å². The largest absolute Gasteiger partial charge is 0.348 e. The van der Waals surface area contributed by atoms with Gasteiger partial charge in [-0.2, -0.15) is 0 Å². The SMILES string of the molecule is Cc1cccc(CNC(=O)C(=O)NCCc2ccc(S(N)(=O)=O)cc2)c1. The molecule has 2 rings (SSSR count). The number of primary sulfonamides is 1. The molecule has 0 saturated carbocycles. The predicted molar refractivity (Wildman–Crippen MR) is 97.6 cm³/mol. The van der Waals surface area contributed by atoms with Gasteiger partial charge in [0, 0.05) is 13.1 Å². The van der Waals surface area contributed by atoms with E-state index in [0.29, 0.717) is 6.42 Å². The van der Waals surface area contributed by atoms with Gasteiger partial charge >= 0.3 is 11.8 Å². The Morgan fingerprint density at radius 1 is 0.962 bits per heavy atom. The number of hydrogen-bond acceptors (Lipinski definition) is 4. The van der Waals surface area contributed by atoms with Crippen LogP contribution in [-0.4, -0.2) is 26.8 Å². The quantitative estimate of drug-likeness (QED) is 0.641. The molecule has 0 aliphatic rings. The molecule has 138 valence electrons. The number of aryl methyl sites for hydroxylation is 1. The topological polar surface area (TPSA) is 118 Å². The van der Waals surface area contributed by atoms with Crippen molar-refractivity contribution in [3.05, 3.63) is 65.2 Å². The highest BCUT2D eigenvalue weighted by Gasteiger charge is 2.12. The number of hydrogen-bond donors (Lipinski definition) is 3. The van der Waals surface area contributed by atoms with Crippen LogP contribution >= 0.6 is 0 Å². The first kappa shape index (κ1) is 19.6. The van der Waals surface area contributed by atoms with Crippen molar-refractivity contribution < 1.29 is 18.0 Å². The molecule has 0 aliphatic heterocycles. The minimum Gasteiger partial charge on any atom is -0.348 e. The van der Waals surface area contributed by atoms with Gasteiger partial charge in [-0.1, -0.05) is 42.0 Å². The lowest BCUT2D eigenvalue weighted by Crippen LogP contribution is -2.40. The van der Waals surface area contributed by atoms with Crippen molar-refractivity contribution >= 4 is 21.8 Å². The summed E-state index contributed by atoms with van der Waals surface area (Å²) in [5.41, 5.74) is 2.81. The van der Waals surface area contributed by atoms with Crippen LogP contribution in [0, 0.1) is 6.92 Å². The molecule has 0 bridgehead atoms. The molecule has 2 amide bonds. The van der Waals surface area contributed by atoms with Crippen LogP contribution in [0.3, 0.4) is 0 Å². The molecular formula is C18H21N3O4S. The smallest absolute Gasteiger partial charge is 0.309 e. The molecule has 0 unspecified atom stereocenters. The van der Waals surface area contributed by atoms with E-state index in [0.717, 1.165) is 16.7 Å². The molecule has 8 heteroatoms. The van der Waals surface area contributed by atoms with E-state index in [2.05, 4.69) is 10.6 Å². The van der Waals surface area contributed by atoms with Crippen LogP contribution in [0.5, 0.6) is 0 Å². The zero-order chi connectivity index (χ0) is 19.2. The van der Waals surface area contributed by atoms with Crippen LogP contribution in [0.4, 0.5) is 0 Å². The summed E-state index contributed by atoms with van der Waals surface area (Å²) in [4.78, 5) is 23.6. The summed E-state index contributed by atoms with van der Waals surface area (Å²) in [6.07, 6.45) is 0.460. The fraction of sp³-hybridized carbons (Fsp3) is 0.222. The lowest BCUT2D eigenvalue weighted by molar-refractivity contribution is -0.139. The number of benzene rings is 2. The van der Waals surface area contributed by atoms with Crippen molar-refractivity contribution in [3.63, 3.8) is 0 Å². The van der Waals surface area contributed by atoms with Crippen molar-refractivity contribution in [2.75, 3.05) is 6.54 Å². The molecule has 0 fully saturated rings. The minimum atomic E-state index is -3.72. The van der Waals surface area contributed by atoms with Crippen LogP contribution in [0.2, 0.25) is 0 Å². The number of rotatable bonds is 6. The standard InChI is InChI=1S/C18H21N3O4S/c1-13-3-2-4-15(11-13)12-21-18(23)17(22)20-10-9-14-5-7-16(8-6-14)26(19,24)25/h2-8,11H,9-10,12H2,1H3,(H,20,22)(H,21,23)(H2,19,24,25). The van der Waals surface area contributed by atoms with Crippen molar-refractivity contribution in [2.45, 2.75) is 24.8 Å². The number of nitrogens with one attached hydrogen (secondary N) is 2. The summed E-state index contributed by atoms with van der Waals surface area (Å²) >= 11 is 0. The Morgan fingerprint density at radius 2 is 1.62 bits per heavy atom. The van der Waals surface area contributed by atoms with E-state index in [4.69, 9.17) is 5.14 Å². The third-order valence-corrected chi connectivity index (χ3v) is 4.62. The molecule has 0 heterocycles. The summed E-state index contributed by atoms with van der Waals surface area (Å²) in [7, 11) is -3.72. The molecule has 0 spiro atoms. The number of nitrogens with two attached hydrogens (primary N) is 1. The first-order valence-electron chi connectivity index (χ1n) is 7.99. The Kier molecular flexibility index (Phi) is 6.48. The number of amides is 2. The average Bonchev–Trinajstić information content (AvgIpc) is 2.59. The number of carbonyl (C=O) groups excluding carboxylic acids is 2. The predicted octanol–water partition coefficient (Wildman–Crippen LogP) is 0.618. The maximum atomic E-state index is 11.8. The maximum Gasteiger partial charge on any atom is 0.309 e. The first-order valence-corrected chi connectivity index (χ1v) is 9.53. The summed E-state index contributed by atoms with van der Waals surface area (Å²) in [6, 6.07) is 13.7. The Bertz CT molecular complexity index is 893. The van der Waals surface area contributed by atoms with Gasteiger partial charge in [0.1, 0.15) is 0 Å². The maximum absolute atomic E-state index is 11.8. The first-order chi connectivity index (χ1) is 12.3. The second-order valence-corrected chi connectivity index (χ2v) is 7.43. The van der Waals surface area contributed by atoms with Gasteiger partial charge in [0.2, 0.25) is 10.0 Å². The van der Waals surface area contributed by atoms with Gasteiger partial charge in [-0.25, -0.2) is 13.6 Å². The molecule has 2 aromatic rings. The minimum absolute atomic E-state index is 0.0285. The second kappa shape index (κ2) is 8.59. The molecule has 7 nitrogen and oxygen atoms in total. The van der Waals surface area contributed by atoms with E-state index in [-0.39, 0.29) is 18.0 Å². The highest BCUT2D eigenvalue weighted by atomic mass is 32.2. The number of sulfonamides is 1. The highest BCUT2D eigenvalue weighted by Crippen LogP contribution is 2.09. The van der Waals surface area contributed by atoms with Crippen LogP contribution < -0.4 is 15.8 Å². The second-order valence-electron chi connectivity index (χ2n) is 5.87. The van der Waals surface area contributed by atoms with Gasteiger partial charge in [-0.05, 0) is 36.6 Å². The summed E-state index contributed by atoms with van der Waals surface area (Å²) in [5.74, 6) is -1.41. The van der Waals surface area contributed by atoms with E-state index < -0.39 is 21.8 Å². The highest BCUT2D eigenvalue weighted by molar-refractivity contribution is 7.89. The number of carbonyl (C=O) groups is 2. The average molecular weight is 375 g/mol.